The Bertz CT molecular complexity index is 731. The Balaban J connectivity index is 1.85. The fourth-order valence-corrected chi connectivity index (χ4v) is 3.99. The van der Waals surface area contributed by atoms with Crippen LogP contribution in [0.1, 0.15) is 26.7 Å². The van der Waals surface area contributed by atoms with Crippen molar-refractivity contribution < 1.29 is 17.6 Å². The summed E-state index contributed by atoms with van der Waals surface area (Å²) in [7, 11) is -3.32. The molecular formula is C19H30FN3O3S. The molecule has 2 rings (SSSR count). The third kappa shape index (κ3) is 6.46. The van der Waals surface area contributed by atoms with Gasteiger partial charge in [-0.25, -0.2) is 17.1 Å². The molecule has 1 fully saturated rings. The summed E-state index contributed by atoms with van der Waals surface area (Å²) in [5.74, 6) is 0.0871. The van der Waals surface area contributed by atoms with Gasteiger partial charge in [0.15, 0.2) is 0 Å². The summed E-state index contributed by atoms with van der Waals surface area (Å²) in [5.41, 5.74) is 0.557. The molecule has 1 aromatic carbocycles. The number of hydrogen-bond donors (Lipinski definition) is 0. The predicted molar refractivity (Wildman–Crippen MR) is 106 cm³/mol. The number of rotatable bonds is 8. The minimum absolute atomic E-state index is 0.0543. The summed E-state index contributed by atoms with van der Waals surface area (Å²) >= 11 is 0. The van der Waals surface area contributed by atoms with E-state index >= 15 is 0 Å². The van der Waals surface area contributed by atoms with Crippen molar-refractivity contribution in [3.63, 3.8) is 0 Å². The maximum Gasteiger partial charge on any atom is 0.224 e. The van der Waals surface area contributed by atoms with E-state index in [9.17, 15) is 17.6 Å². The van der Waals surface area contributed by atoms with E-state index in [1.165, 1.54) is 16.6 Å². The molecule has 27 heavy (non-hydrogen) atoms. The third-order valence-electron chi connectivity index (χ3n) is 4.83. The molecule has 1 aliphatic rings. The lowest BCUT2D eigenvalue weighted by Crippen LogP contribution is -2.49. The first-order valence-electron chi connectivity index (χ1n) is 9.41. The second kappa shape index (κ2) is 9.50. The first-order chi connectivity index (χ1) is 12.7. The van der Waals surface area contributed by atoms with Crippen LogP contribution in [0.5, 0.6) is 0 Å². The molecule has 0 N–H and O–H groups in total. The van der Waals surface area contributed by atoms with Gasteiger partial charge in [0.2, 0.25) is 15.9 Å². The largest absolute Gasteiger partial charge is 0.366 e. The van der Waals surface area contributed by atoms with Crippen LogP contribution in [-0.2, 0) is 14.8 Å². The Morgan fingerprint density at radius 2 is 1.78 bits per heavy atom. The quantitative estimate of drug-likeness (QED) is 0.672. The molecule has 1 aromatic rings. The number of benzene rings is 1. The van der Waals surface area contributed by atoms with Crippen molar-refractivity contribution in [3.8, 4) is 0 Å². The molecule has 0 spiro atoms. The van der Waals surface area contributed by atoms with Crippen molar-refractivity contribution in [2.75, 3.05) is 50.4 Å². The fourth-order valence-electron chi connectivity index (χ4n) is 3.13. The summed E-state index contributed by atoms with van der Waals surface area (Å²) < 4.78 is 39.1. The van der Waals surface area contributed by atoms with Crippen LogP contribution >= 0.6 is 0 Å². The van der Waals surface area contributed by atoms with Crippen LogP contribution in [0.4, 0.5) is 10.1 Å². The first-order valence-corrected chi connectivity index (χ1v) is 11.3. The molecule has 6 nitrogen and oxygen atoms in total. The topological polar surface area (TPSA) is 60.9 Å². The van der Waals surface area contributed by atoms with Gasteiger partial charge in [-0.3, -0.25) is 4.79 Å². The van der Waals surface area contributed by atoms with E-state index in [0.29, 0.717) is 44.3 Å². The second-order valence-electron chi connectivity index (χ2n) is 7.41. The molecule has 0 radical (unpaired) electrons. The summed E-state index contributed by atoms with van der Waals surface area (Å²) in [4.78, 5) is 16.2. The van der Waals surface area contributed by atoms with Crippen LogP contribution < -0.4 is 4.90 Å². The standard InChI is InChI=1S/C19H30FN3O3S/c1-16(2)8-10-23(27(3,25)26)11-9-19(24)22-14-12-21(13-15-22)18-7-5-4-6-17(18)20/h4-7,16H,8-15H2,1-3H3. The normalized spacial score (nSPS) is 15.6. The van der Waals surface area contributed by atoms with Gasteiger partial charge in [0.25, 0.3) is 0 Å². The molecule has 0 atom stereocenters. The molecule has 1 heterocycles. The number of hydrogen-bond acceptors (Lipinski definition) is 4. The number of amides is 1. The molecular weight excluding hydrogens is 369 g/mol. The van der Waals surface area contributed by atoms with E-state index in [4.69, 9.17) is 0 Å². The van der Waals surface area contributed by atoms with E-state index < -0.39 is 10.0 Å². The fraction of sp³-hybridized carbons (Fsp3) is 0.632. The Labute approximate surface area is 162 Å². The minimum atomic E-state index is -3.32. The lowest BCUT2D eigenvalue weighted by molar-refractivity contribution is -0.131. The molecule has 0 aliphatic carbocycles. The number of anilines is 1. The first kappa shape index (κ1) is 21.6. The number of carbonyl (C=O) groups excluding carboxylic acids is 1. The van der Waals surface area contributed by atoms with Crippen LogP contribution in [0.25, 0.3) is 0 Å². The number of nitrogens with zero attached hydrogens (tertiary/aromatic N) is 3. The Morgan fingerprint density at radius 3 is 2.33 bits per heavy atom. The highest BCUT2D eigenvalue weighted by Crippen LogP contribution is 2.20. The maximum absolute atomic E-state index is 13.9. The molecule has 0 saturated carbocycles. The molecule has 8 heteroatoms. The Morgan fingerprint density at radius 1 is 1.15 bits per heavy atom. The second-order valence-corrected chi connectivity index (χ2v) is 9.40. The van der Waals surface area contributed by atoms with Crippen LogP contribution in [0, 0.1) is 11.7 Å². The molecule has 1 saturated heterocycles. The Hall–Kier alpha value is -1.67. The van der Waals surface area contributed by atoms with Gasteiger partial charge in [0.1, 0.15) is 5.82 Å². The zero-order valence-corrected chi connectivity index (χ0v) is 17.2. The number of para-hydroxylation sites is 1. The van der Waals surface area contributed by atoms with Crippen molar-refractivity contribution >= 4 is 21.6 Å². The van der Waals surface area contributed by atoms with Gasteiger partial charge in [-0.1, -0.05) is 26.0 Å². The lowest BCUT2D eigenvalue weighted by atomic mass is 10.1. The van der Waals surface area contributed by atoms with Gasteiger partial charge in [0, 0.05) is 45.7 Å². The third-order valence-corrected chi connectivity index (χ3v) is 6.13. The molecule has 0 aromatic heterocycles. The van der Waals surface area contributed by atoms with Gasteiger partial charge < -0.3 is 9.80 Å². The zero-order valence-electron chi connectivity index (χ0n) is 16.4. The molecule has 152 valence electrons. The molecule has 0 unspecified atom stereocenters. The SMILES string of the molecule is CC(C)CCN(CCC(=O)N1CCN(c2ccccc2F)CC1)S(C)(=O)=O. The number of sulfonamides is 1. The predicted octanol–water partition coefficient (Wildman–Crippen LogP) is 2.17. The summed E-state index contributed by atoms with van der Waals surface area (Å²) in [6, 6.07) is 6.63. The number of piperazine rings is 1. The monoisotopic (exact) mass is 399 g/mol. The number of halogens is 1. The van der Waals surface area contributed by atoms with Crippen LogP contribution in [0.3, 0.4) is 0 Å². The Kier molecular flexibility index (Phi) is 7.61. The maximum atomic E-state index is 13.9. The van der Waals surface area contributed by atoms with E-state index in [-0.39, 0.29) is 24.7 Å². The number of carbonyl (C=O) groups is 1. The lowest BCUT2D eigenvalue weighted by Gasteiger charge is -2.36. The summed E-state index contributed by atoms with van der Waals surface area (Å²) in [6.07, 6.45) is 2.12. The summed E-state index contributed by atoms with van der Waals surface area (Å²) in [6.45, 7) is 6.88. The summed E-state index contributed by atoms with van der Waals surface area (Å²) in [5, 5.41) is 0. The van der Waals surface area contributed by atoms with Gasteiger partial charge in [-0.05, 0) is 24.5 Å². The van der Waals surface area contributed by atoms with E-state index in [1.807, 2.05) is 18.7 Å². The van der Waals surface area contributed by atoms with Crippen molar-refractivity contribution in [3.05, 3.63) is 30.1 Å². The van der Waals surface area contributed by atoms with Crippen molar-refractivity contribution in [1.29, 1.82) is 0 Å². The average molecular weight is 400 g/mol. The van der Waals surface area contributed by atoms with Gasteiger partial charge in [-0.15, -0.1) is 0 Å². The van der Waals surface area contributed by atoms with Crippen molar-refractivity contribution in [2.45, 2.75) is 26.7 Å². The van der Waals surface area contributed by atoms with Crippen molar-refractivity contribution in [1.82, 2.24) is 9.21 Å². The minimum Gasteiger partial charge on any atom is -0.366 e. The van der Waals surface area contributed by atoms with E-state index in [1.54, 1.807) is 23.1 Å². The van der Waals surface area contributed by atoms with E-state index in [0.717, 1.165) is 6.42 Å². The highest BCUT2D eigenvalue weighted by molar-refractivity contribution is 7.88. The highest BCUT2D eigenvalue weighted by Gasteiger charge is 2.24. The van der Waals surface area contributed by atoms with E-state index in [2.05, 4.69) is 0 Å². The van der Waals surface area contributed by atoms with Gasteiger partial charge in [-0.2, -0.15) is 0 Å². The molecule has 0 bridgehead atoms. The smallest absolute Gasteiger partial charge is 0.224 e. The highest BCUT2D eigenvalue weighted by atomic mass is 32.2. The van der Waals surface area contributed by atoms with Crippen LogP contribution in [0.2, 0.25) is 0 Å². The zero-order chi connectivity index (χ0) is 20.0. The molecule has 1 amide bonds. The average Bonchev–Trinajstić information content (AvgIpc) is 2.60. The molecule has 1 aliphatic heterocycles. The van der Waals surface area contributed by atoms with Crippen molar-refractivity contribution in [2.24, 2.45) is 5.92 Å². The van der Waals surface area contributed by atoms with Crippen LogP contribution in [0.15, 0.2) is 24.3 Å². The van der Waals surface area contributed by atoms with Gasteiger partial charge in [0.05, 0.1) is 11.9 Å². The van der Waals surface area contributed by atoms with Crippen LogP contribution in [-0.4, -0.2) is 69.1 Å². The van der Waals surface area contributed by atoms with Gasteiger partial charge >= 0.3 is 0 Å².